The Kier molecular flexibility index (Phi) is 3.09. The van der Waals surface area contributed by atoms with Gasteiger partial charge in [-0.1, -0.05) is 18.2 Å². The highest BCUT2D eigenvalue weighted by Crippen LogP contribution is 2.14. The van der Waals surface area contributed by atoms with Crippen LogP contribution in [0.5, 0.6) is 0 Å². The molecule has 0 aliphatic rings. The van der Waals surface area contributed by atoms with Crippen molar-refractivity contribution in [3.8, 4) is 0 Å². The minimum absolute atomic E-state index is 0.112. The number of benzene rings is 2. The topological polar surface area (TPSA) is 72.9 Å². The van der Waals surface area contributed by atoms with Crippen molar-refractivity contribution in [2.24, 2.45) is 0 Å². The number of anilines is 2. The molecule has 3 N–H and O–H groups in total. The zero-order valence-electron chi connectivity index (χ0n) is 10.8. The maximum absolute atomic E-state index is 12.0. The molecule has 1 heterocycles. The molecule has 100 valence electrons. The minimum atomic E-state index is -0.112. The molecule has 3 aromatic rings. The molecule has 1 amide bonds. The Balaban J connectivity index is 1.76. The Hall–Kier alpha value is -2.82. The number of aromatic nitrogens is 2. The van der Waals surface area contributed by atoms with Crippen LogP contribution in [0, 0.1) is 0 Å². The number of hydrogen-bond acceptors (Lipinski definition) is 3. The van der Waals surface area contributed by atoms with E-state index in [0.717, 1.165) is 11.0 Å². The number of nitrogen functional groups attached to an aromatic ring is 1. The molecule has 5 nitrogen and oxygen atoms in total. The van der Waals surface area contributed by atoms with Crippen molar-refractivity contribution in [2.75, 3.05) is 11.1 Å². The van der Waals surface area contributed by atoms with Crippen LogP contribution < -0.4 is 11.1 Å². The van der Waals surface area contributed by atoms with Crippen LogP contribution in [0.4, 0.5) is 11.4 Å². The largest absolute Gasteiger partial charge is 0.399 e. The Labute approximate surface area is 116 Å². The SMILES string of the molecule is Nc1cccc(NC(=O)Cn2cnc3ccccc32)c1. The fourth-order valence-corrected chi connectivity index (χ4v) is 2.11. The fraction of sp³-hybridized carbons (Fsp3) is 0.0667. The van der Waals surface area contributed by atoms with E-state index in [-0.39, 0.29) is 12.5 Å². The van der Waals surface area contributed by atoms with Gasteiger partial charge < -0.3 is 15.6 Å². The smallest absolute Gasteiger partial charge is 0.244 e. The fourth-order valence-electron chi connectivity index (χ4n) is 2.11. The molecule has 2 aromatic carbocycles. The molecule has 0 radical (unpaired) electrons. The molecular weight excluding hydrogens is 252 g/mol. The van der Waals surface area contributed by atoms with Crippen molar-refractivity contribution >= 4 is 28.3 Å². The summed E-state index contributed by atoms with van der Waals surface area (Å²) in [6, 6.07) is 14.8. The van der Waals surface area contributed by atoms with E-state index >= 15 is 0 Å². The van der Waals surface area contributed by atoms with Gasteiger partial charge in [0.2, 0.25) is 5.91 Å². The van der Waals surface area contributed by atoms with Crippen LogP contribution in [-0.2, 0) is 11.3 Å². The van der Waals surface area contributed by atoms with Crippen LogP contribution in [0.15, 0.2) is 54.9 Å². The highest BCUT2D eigenvalue weighted by Gasteiger charge is 2.07. The lowest BCUT2D eigenvalue weighted by Gasteiger charge is -2.07. The first kappa shape index (κ1) is 12.2. The zero-order valence-corrected chi connectivity index (χ0v) is 10.8. The number of rotatable bonds is 3. The van der Waals surface area contributed by atoms with Crippen molar-refractivity contribution in [2.45, 2.75) is 6.54 Å². The van der Waals surface area contributed by atoms with Crippen molar-refractivity contribution < 1.29 is 4.79 Å². The summed E-state index contributed by atoms with van der Waals surface area (Å²) in [7, 11) is 0. The van der Waals surface area contributed by atoms with Crippen molar-refractivity contribution in [3.05, 3.63) is 54.9 Å². The van der Waals surface area contributed by atoms with Crippen LogP contribution in [0.2, 0.25) is 0 Å². The third-order valence-electron chi connectivity index (χ3n) is 3.01. The van der Waals surface area contributed by atoms with E-state index in [1.54, 1.807) is 30.6 Å². The molecule has 0 bridgehead atoms. The second-order valence-corrected chi connectivity index (χ2v) is 4.53. The summed E-state index contributed by atoms with van der Waals surface area (Å²) in [5.74, 6) is -0.112. The van der Waals surface area contributed by atoms with Gasteiger partial charge in [-0.05, 0) is 30.3 Å². The number of nitrogens with one attached hydrogen (secondary N) is 1. The van der Waals surface area contributed by atoms with Gasteiger partial charge in [0.25, 0.3) is 0 Å². The van der Waals surface area contributed by atoms with Crippen molar-refractivity contribution in [1.29, 1.82) is 0 Å². The minimum Gasteiger partial charge on any atom is -0.399 e. The summed E-state index contributed by atoms with van der Waals surface area (Å²) >= 11 is 0. The third kappa shape index (κ3) is 2.47. The zero-order chi connectivity index (χ0) is 13.9. The molecule has 0 atom stereocenters. The second-order valence-electron chi connectivity index (χ2n) is 4.53. The molecule has 0 aliphatic carbocycles. The Bertz CT molecular complexity index is 763. The molecule has 20 heavy (non-hydrogen) atoms. The van der Waals surface area contributed by atoms with E-state index in [2.05, 4.69) is 10.3 Å². The number of hydrogen-bond donors (Lipinski definition) is 2. The number of nitrogens with zero attached hydrogens (tertiary/aromatic N) is 2. The molecule has 0 saturated heterocycles. The Morgan fingerprint density at radius 2 is 2.05 bits per heavy atom. The lowest BCUT2D eigenvalue weighted by atomic mass is 10.3. The van der Waals surface area contributed by atoms with Crippen molar-refractivity contribution in [3.63, 3.8) is 0 Å². The van der Waals surface area contributed by atoms with Crippen LogP contribution in [0.25, 0.3) is 11.0 Å². The van der Waals surface area contributed by atoms with E-state index < -0.39 is 0 Å². The standard InChI is InChI=1S/C15H14N4O/c16-11-4-3-5-12(8-11)18-15(20)9-19-10-17-13-6-1-2-7-14(13)19/h1-8,10H,9,16H2,(H,18,20). The van der Waals surface area contributed by atoms with Gasteiger partial charge in [-0.3, -0.25) is 4.79 Å². The molecule has 0 aliphatic heterocycles. The molecule has 3 rings (SSSR count). The van der Waals surface area contributed by atoms with Gasteiger partial charge >= 0.3 is 0 Å². The molecule has 5 heteroatoms. The third-order valence-corrected chi connectivity index (χ3v) is 3.01. The Morgan fingerprint density at radius 1 is 1.20 bits per heavy atom. The molecule has 0 spiro atoms. The lowest BCUT2D eigenvalue weighted by molar-refractivity contribution is -0.116. The highest BCUT2D eigenvalue weighted by atomic mass is 16.1. The van der Waals surface area contributed by atoms with Gasteiger partial charge in [-0.15, -0.1) is 0 Å². The highest BCUT2D eigenvalue weighted by molar-refractivity contribution is 5.92. The molecule has 0 fully saturated rings. The second kappa shape index (κ2) is 5.05. The quantitative estimate of drug-likeness (QED) is 0.714. The summed E-state index contributed by atoms with van der Waals surface area (Å²) in [4.78, 5) is 16.3. The predicted octanol–water partition coefficient (Wildman–Crippen LogP) is 2.26. The van der Waals surface area contributed by atoms with E-state index in [4.69, 9.17) is 5.73 Å². The number of carbonyl (C=O) groups excluding carboxylic acids is 1. The summed E-state index contributed by atoms with van der Waals surface area (Å²) in [6.45, 7) is 0.218. The summed E-state index contributed by atoms with van der Waals surface area (Å²) in [6.07, 6.45) is 1.67. The molecule has 0 saturated carbocycles. The van der Waals surface area contributed by atoms with Crippen LogP contribution in [0.3, 0.4) is 0 Å². The normalized spacial score (nSPS) is 10.6. The summed E-state index contributed by atoms with van der Waals surface area (Å²) < 4.78 is 1.82. The van der Waals surface area contributed by atoms with Gasteiger partial charge in [-0.2, -0.15) is 0 Å². The number of amides is 1. The van der Waals surface area contributed by atoms with E-state index in [1.807, 2.05) is 28.8 Å². The molecular formula is C15H14N4O. The van der Waals surface area contributed by atoms with E-state index in [9.17, 15) is 4.79 Å². The summed E-state index contributed by atoms with van der Waals surface area (Å²) in [5.41, 5.74) is 8.81. The van der Waals surface area contributed by atoms with Gasteiger partial charge in [0.15, 0.2) is 0 Å². The number of fused-ring (bicyclic) bond motifs is 1. The predicted molar refractivity (Wildman–Crippen MR) is 79.2 cm³/mol. The first-order valence-corrected chi connectivity index (χ1v) is 6.27. The maximum atomic E-state index is 12.0. The van der Waals surface area contributed by atoms with E-state index in [0.29, 0.717) is 11.4 Å². The average Bonchev–Trinajstić information content (AvgIpc) is 2.82. The first-order valence-electron chi connectivity index (χ1n) is 6.27. The maximum Gasteiger partial charge on any atom is 0.244 e. The Morgan fingerprint density at radius 3 is 2.90 bits per heavy atom. The molecule has 1 aromatic heterocycles. The monoisotopic (exact) mass is 266 g/mol. The number of carbonyl (C=O) groups is 1. The molecule has 0 unspecified atom stereocenters. The van der Waals surface area contributed by atoms with Gasteiger partial charge in [0, 0.05) is 11.4 Å². The lowest BCUT2D eigenvalue weighted by Crippen LogP contribution is -2.18. The number of imidazole rings is 1. The average molecular weight is 266 g/mol. The van der Waals surface area contributed by atoms with Gasteiger partial charge in [0.05, 0.1) is 17.4 Å². The van der Waals surface area contributed by atoms with Crippen LogP contribution in [-0.4, -0.2) is 15.5 Å². The number of nitrogens with two attached hydrogens (primary N) is 1. The van der Waals surface area contributed by atoms with Crippen molar-refractivity contribution in [1.82, 2.24) is 9.55 Å². The summed E-state index contributed by atoms with van der Waals surface area (Å²) in [5, 5.41) is 2.82. The van der Waals surface area contributed by atoms with Gasteiger partial charge in [-0.25, -0.2) is 4.98 Å². The first-order chi connectivity index (χ1) is 9.72. The van der Waals surface area contributed by atoms with Crippen LogP contribution in [0.1, 0.15) is 0 Å². The van der Waals surface area contributed by atoms with Crippen LogP contribution >= 0.6 is 0 Å². The van der Waals surface area contributed by atoms with E-state index in [1.165, 1.54) is 0 Å². The van der Waals surface area contributed by atoms with Gasteiger partial charge in [0.1, 0.15) is 6.54 Å². The number of para-hydroxylation sites is 2.